The number of nitrogens with zero attached hydrogens (tertiary/aromatic N) is 1. The van der Waals surface area contributed by atoms with Gasteiger partial charge in [-0.3, -0.25) is 4.72 Å². The zero-order valence-electron chi connectivity index (χ0n) is 10.2. The number of hydrogen-bond acceptors (Lipinski definition) is 3. The maximum absolute atomic E-state index is 12.9. The van der Waals surface area contributed by atoms with E-state index in [9.17, 15) is 26.0 Å². The first-order chi connectivity index (χ1) is 9.70. The summed E-state index contributed by atoms with van der Waals surface area (Å²) >= 11 is 0. The van der Waals surface area contributed by atoms with Crippen LogP contribution in [0.15, 0.2) is 47.4 Å². The second-order valence-corrected chi connectivity index (χ2v) is 5.60. The Bertz CT molecular complexity index is 760. The minimum Gasteiger partial charge on any atom is -0.263 e. The summed E-state index contributed by atoms with van der Waals surface area (Å²) in [4.78, 5) is 2.28. The number of hydrogen-bond donors (Lipinski definition) is 1. The number of aromatic nitrogens is 1. The van der Waals surface area contributed by atoms with E-state index in [1.54, 1.807) is 0 Å². The normalized spacial score (nSPS) is 12.2. The fraction of sp³-hybridized carbons (Fsp3) is 0.0833. The first kappa shape index (κ1) is 15.2. The molecule has 2 aromatic rings. The van der Waals surface area contributed by atoms with Crippen LogP contribution in [0.4, 0.5) is 23.4 Å². The highest BCUT2D eigenvalue weighted by molar-refractivity contribution is 7.92. The standard InChI is InChI=1S/C12H8F4N2O2S/c13-10-6-3-7-11(17-10)18-21(19,20)9-5-2-1-4-8(9)12(14,15)16/h1-7H,(H,17,18). The first-order valence-electron chi connectivity index (χ1n) is 5.52. The van der Waals surface area contributed by atoms with Crippen molar-refractivity contribution in [3.63, 3.8) is 0 Å². The largest absolute Gasteiger partial charge is 0.417 e. The molecule has 1 aromatic carbocycles. The molecule has 2 rings (SSSR count). The number of halogens is 4. The molecule has 21 heavy (non-hydrogen) atoms. The summed E-state index contributed by atoms with van der Waals surface area (Å²) in [6.45, 7) is 0. The maximum atomic E-state index is 12.9. The first-order valence-corrected chi connectivity index (χ1v) is 7.00. The molecule has 1 aromatic heterocycles. The zero-order valence-corrected chi connectivity index (χ0v) is 11.0. The molecule has 1 N–H and O–H groups in total. The van der Waals surface area contributed by atoms with Crippen molar-refractivity contribution >= 4 is 15.8 Å². The lowest BCUT2D eigenvalue weighted by atomic mass is 10.2. The van der Waals surface area contributed by atoms with Crippen molar-refractivity contribution in [2.75, 3.05) is 4.72 Å². The molecule has 112 valence electrons. The van der Waals surface area contributed by atoms with Gasteiger partial charge in [0, 0.05) is 0 Å². The van der Waals surface area contributed by atoms with Crippen molar-refractivity contribution < 1.29 is 26.0 Å². The van der Waals surface area contributed by atoms with Gasteiger partial charge in [0.1, 0.15) is 5.82 Å². The van der Waals surface area contributed by atoms with Gasteiger partial charge in [0.05, 0.1) is 10.5 Å². The highest BCUT2D eigenvalue weighted by atomic mass is 32.2. The van der Waals surface area contributed by atoms with Crippen LogP contribution < -0.4 is 4.72 Å². The Hall–Kier alpha value is -2.16. The molecule has 0 atom stereocenters. The Morgan fingerprint density at radius 2 is 1.67 bits per heavy atom. The molecule has 0 radical (unpaired) electrons. The lowest BCUT2D eigenvalue weighted by Gasteiger charge is -2.13. The van der Waals surface area contributed by atoms with E-state index >= 15 is 0 Å². The van der Waals surface area contributed by atoms with E-state index in [4.69, 9.17) is 0 Å². The third kappa shape index (κ3) is 3.48. The van der Waals surface area contributed by atoms with Gasteiger partial charge in [0.15, 0.2) is 0 Å². The summed E-state index contributed by atoms with van der Waals surface area (Å²) in [5, 5.41) is 0. The maximum Gasteiger partial charge on any atom is 0.417 e. The lowest BCUT2D eigenvalue weighted by molar-refractivity contribution is -0.139. The molecule has 0 bridgehead atoms. The Balaban J connectivity index is 2.46. The van der Waals surface area contributed by atoms with Crippen LogP contribution in [0.1, 0.15) is 5.56 Å². The molecule has 4 nitrogen and oxygen atoms in total. The van der Waals surface area contributed by atoms with Gasteiger partial charge in [-0.2, -0.15) is 17.6 Å². The van der Waals surface area contributed by atoms with E-state index in [1.807, 2.05) is 4.72 Å². The Labute approximate surface area is 117 Å². The smallest absolute Gasteiger partial charge is 0.263 e. The lowest BCUT2D eigenvalue weighted by Crippen LogP contribution is -2.19. The van der Waals surface area contributed by atoms with Crippen LogP contribution in [-0.2, 0) is 16.2 Å². The molecule has 0 fully saturated rings. The summed E-state index contributed by atoms with van der Waals surface area (Å²) in [7, 11) is -4.54. The SMILES string of the molecule is O=S(=O)(Nc1cccc(F)n1)c1ccccc1C(F)(F)F. The van der Waals surface area contributed by atoms with E-state index in [1.165, 1.54) is 6.07 Å². The van der Waals surface area contributed by atoms with Gasteiger partial charge in [0.2, 0.25) is 5.95 Å². The van der Waals surface area contributed by atoms with Crippen LogP contribution in [0.2, 0.25) is 0 Å². The predicted octanol–water partition coefficient (Wildman–Crippen LogP) is 3.04. The van der Waals surface area contributed by atoms with Crippen LogP contribution in [0, 0.1) is 5.95 Å². The van der Waals surface area contributed by atoms with Crippen LogP contribution in [-0.4, -0.2) is 13.4 Å². The predicted molar refractivity (Wildman–Crippen MR) is 66.4 cm³/mol. The Morgan fingerprint density at radius 3 is 2.29 bits per heavy atom. The van der Waals surface area contributed by atoms with Crippen molar-refractivity contribution in [1.82, 2.24) is 4.98 Å². The summed E-state index contributed by atoms with van der Waals surface area (Å²) in [5.74, 6) is -1.37. The molecular formula is C12H8F4N2O2S. The third-order valence-corrected chi connectivity index (χ3v) is 3.85. The van der Waals surface area contributed by atoms with E-state index in [2.05, 4.69) is 4.98 Å². The van der Waals surface area contributed by atoms with Crippen LogP contribution in [0.25, 0.3) is 0 Å². The van der Waals surface area contributed by atoms with Gasteiger partial charge < -0.3 is 0 Å². The molecule has 0 aliphatic rings. The summed E-state index contributed by atoms with van der Waals surface area (Å²) in [6.07, 6.45) is -4.83. The topological polar surface area (TPSA) is 59.1 Å². The minimum absolute atomic E-state index is 0.410. The average molecular weight is 320 g/mol. The van der Waals surface area contributed by atoms with Crippen molar-refractivity contribution in [2.45, 2.75) is 11.1 Å². The van der Waals surface area contributed by atoms with Gasteiger partial charge in [-0.05, 0) is 24.3 Å². The summed E-state index contributed by atoms with van der Waals surface area (Å²) in [6, 6.07) is 6.96. The van der Waals surface area contributed by atoms with Gasteiger partial charge in [-0.25, -0.2) is 13.4 Å². The third-order valence-electron chi connectivity index (χ3n) is 2.44. The second-order valence-electron chi connectivity index (χ2n) is 3.94. The molecule has 1 heterocycles. The molecule has 0 amide bonds. The van der Waals surface area contributed by atoms with Crippen LogP contribution >= 0.6 is 0 Å². The molecule has 0 saturated carbocycles. The molecule has 0 spiro atoms. The number of anilines is 1. The van der Waals surface area contributed by atoms with Crippen molar-refractivity contribution in [3.05, 3.63) is 54.0 Å². The van der Waals surface area contributed by atoms with E-state index in [0.29, 0.717) is 6.07 Å². The highest BCUT2D eigenvalue weighted by Crippen LogP contribution is 2.34. The van der Waals surface area contributed by atoms with Crippen molar-refractivity contribution in [1.29, 1.82) is 0 Å². The van der Waals surface area contributed by atoms with Gasteiger partial charge in [-0.15, -0.1) is 0 Å². The van der Waals surface area contributed by atoms with Gasteiger partial charge in [-0.1, -0.05) is 18.2 Å². The monoisotopic (exact) mass is 320 g/mol. The Morgan fingerprint density at radius 1 is 1.00 bits per heavy atom. The van der Waals surface area contributed by atoms with Gasteiger partial charge >= 0.3 is 6.18 Å². The molecule has 9 heteroatoms. The molecule has 0 saturated heterocycles. The highest BCUT2D eigenvalue weighted by Gasteiger charge is 2.36. The fourth-order valence-corrected chi connectivity index (χ4v) is 2.82. The van der Waals surface area contributed by atoms with E-state index in [0.717, 1.165) is 30.3 Å². The minimum atomic E-state index is -4.83. The number of nitrogens with one attached hydrogen (secondary N) is 1. The molecule has 0 unspecified atom stereocenters. The number of rotatable bonds is 3. The average Bonchev–Trinajstić information content (AvgIpc) is 2.37. The summed E-state index contributed by atoms with van der Waals surface area (Å²) < 4.78 is 77.2. The summed E-state index contributed by atoms with van der Waals surface area (Å²) in [5.41, 5.74) is -1.31. The number of benzene rings is 1. The fourth-order valence-electron chi connectivity index (χ4n) is 1.59. The Kier molecular flexibility index (Phi) is 3.86. The van der Waals surface area contributed by atoms with E-state index in [-0.39, 0.29) is 0 Å². The zero-order chi connectivity index (χ0) is 15.7. The number of alkyl halides is 3. The molecule has 0 aliphatic carbocycles. The molecular weight excluding hydrogens is 312 g/mol. The van der Waals surface area contributed by atoms with Crippen molar-refractivity contribution in [2.24, 2.45) is 0 Å². The quantitative estimate of drug-likeness (QED) is 0.698. The number of pyridine rings is 1. The van der Waals surface area contributed by atoms with Crippen molar-refractivity contribution in [3.8, 4) is 0 Å². The van der Waals surface area contributed by atoms with Crippen LogP contribution in [0.5, 0.6) is 0 Å². The second kappa shape index (κ2) is 5.32. The molecule has 0 aliphatic heterocycles. The van der Waals surface area contributed by atoms with Crippen LogP contribution in [0.3, 0.4) is 0 Å². The number of sulfonamides is 1. The van der Waals surface area contributed by atoms with E-state index < -0.39 is 38.4 Å². The van der Waals surface area contributed by atoms with Gasteiger partial charge in [0.25, 0.3) is 10.0 Å².